The highest BCUT2D eigenvalue weighted by molar-refractivity contribution is 9.10. The van der Waals surface area contributed by atoms with Crippen molar-refractivity contribution in [3.8, 4) is 0 Å². The number of hydrogen-bond acceptors (Lipinski definition) is 4. The highest BCUT2D eigenvalue weighted by Gasteiger charge is 2.52. The normalized spacial score (nSPS) is 23.9. The number of carbonyl (C=O) groups is 1. The fraction of sp³-hybridized carbons (Fsp3) is 0.381. The molecule has 1 fully saturated rings. The topological polar surface area (TPSA) is 56.5 Å². The van der Waals surface area contributed by atoms with Crippen molar-refractivity contribution in [2.24, 2.45) is 0 Å². The summed E-state index contributed by atoms with van der Waals surface area (Å²) in [5, 5.41) is 4.50. The Bertz CT molecular complexity index is 1050. The minimum Gasteiger partial charge on any atom is -0.458 e. The summed E-state index contributed by atoms with van der Waals surface area (Å²) in [6, 6.07) is 11.2. The molecular formula is C21H20BrN3O2. The number of esters is 1. The van der Waals surface area contributed by atoms with Gasteiger partial charge in [0.05, 0.1) is 16.7 Å². The van der Waals surface area contributed by atoms with Crippen LogP contribution in [0.4, 0.5) is 0 Å². The second kappa shape index (κ2) is 6.16. The second-order valence-corrected chi connectivity index (χ2v) is 8.38. The van der Waals surface area contributed by atoms with Crippen molar-refractivity contribution in [3.05, 3.63) is 63.5 Å². The Morgan fingerprint density at radius 3 is 2.93 bits per heavy atom. The lowest BCUT2D eigenvalue weighted by molar-refractivity contribution is 0.0132. The number of benzene rings is 1. The van der Waals surface area contributed by atoms with E-state index in [1.54, 1.807) is 0 Å². The zero-order chi connectivity index (χ0) is 18.6. The van der Waals surface area contributed by atoms with Crippen molar-refractivity contribution in [3.63, 3.8) is 0 Å². The van der Waals surface area contributed by atoms with Gasteiger partial charge in [-0.3, -0.25) is 0 Å². The molecule has 5 nitrogen and oxygen atoms in total. The van der Waals surface area contributed by atoms with Crippen molar-refractivity contribution in [1.82, 2.24) is 14.6 Å². The number of halogens is 1. The summed E-state index contributed by atoms with van der Waals surface area (Å²) < 4.78 is 8.73. The molecule has 2 aliphatic rings. The highest BCUT2D eigenvalue weighted by atomic mass is 79.9. The van der Waals surface area contributed by atoms with Gasteiger partial charge in [-0.25, -0.2) is 14.3 Å². The molecule has 2 aliphatic carbocycles. The molecule has 0 amide bonds. The van der Waals surface area contributed by atoms with E-state index in [4.69, 9.17) is 9.72 Å². The van der Waals surface area contributed by atoms with Gasteiger partial charge in [0.15, 0.2) is 5.65 Å². The van der Waals surface area contributed by atoms with E-state index in [0.29, 0.717) is 5.56 Å². The van der Waals surface area contributed by atoms with E-state index in [9.17, 15) is 4.79 Å². The lowest BCUT2D eigenvalue weighted by Gasteiger charge is -2.31. The summed E-state index contributed by atoms with van der Waals surface area (Å²) >= 11 is 3.45. The van der Waals surface area contributed by atoms with Gasteiger partial charge in [0.25, 0.3) is 0 Å². The second-order valence-electron chi connectivity index (χ2n) is 7.57. The highest BCUT2D eigenvalue weighted by Crippen LogP contribution is 2.51. The van der Waals surface area contributed by atoms with Crippen molar-refractivity contribution in [2.75, 3.05) is 0 Å². The number of carbonyl (C=O) groups excluding carboxylic acids is 1. The molecule has 1 saturated carbocycles. The van der Waals surface area contributed by atoms with Gasteiger partial charge < -0.3 is 4.74 Å². The molecule has 0 radical (unpaired) electrons. The summed E-state index contributed by atoms with van der Waals surface area (Å²) in [6.07, 6.45) is 4.80. The van der Waals surface area contributed by atoms with E-state index in [-0.39, 0.29) is 17.5 Å². The SMILES string of the molecule is Cc1c2c(nc3cc(Br)nn13)[C@]1(CCC[C@H]1OC(=O)c1ccccc1)CC2. The Kier molecular flexibility index (Phi) is 3.86. The molecule has 0 N–H and O–H groups in total. The fourth-order valence-corrected chi connectivity index (χ4v) is 5.23. The van der Waals surface area contributed by atoms with E-state index >= 15 is 0 Å². The molecule has 0 saturated heterocycles. The number of aryl methyl sites for hydroxylation is 1. The molecule has 2 aromatic heterocycles. The van der Waals surface area contributed by atoms with Crippen LogP contribution in [0.2, 0.25) is 0 Å². The zero-order valence-electron chi connectivity index (χ0n) is 15.1. The quantitative estimate of drug-likeness (QED) is 0.571. The van der Waals surface area contributed by atoms with Crippen LogP contribution in [0.3, 0.4) is 0 Å². The van der Waals surface area contributed by atoms with Crippen molar-refractivity contribution >= 4 is 27.5 Å². The maximum atomic E-state index is 12.7. The lowest BCUT2D eigenvalue weighted by Crippen LogP contribution is -2.37. The predicted octanol–water partition coefficient (Wildman–Crippen LogP) is 4.39. The van der Waals surface area contributed by atoms with Crippen LogP contribution in [-0.4, -0.2) is 26.7 Å². The Balaban J connectivity index is 1.54. The first kappa shape index (κ1) is 16.9. The Hall–Kier alpha value is -2.21. The molecule has 0 unspecified atom stereocenters. The number of hydrogen-bond donors (Lipinski definition) is 0. The molecule has 1 aromatic carbocycles. The van der Waals surface area contributed by atoms with Gasteiger partial charge >= 0.3 is 5.97 Å². The van der Waals surface area contributed by atoms with E-state index in [1.807, 2.05) is 40.9 Å². The summed E-state index contributed by atoms with van der Waals surface area (Å²) in [7, 11) is 0. The zero-order valence-corrected chi connectivity index (χ0v) is 16.7. The average Bonchev–Trinajstić information content (AvgIpc) is 3.35. The number of rotatable bonds is 2. The van der Waals surface area contributed by atoms with E-state index in [0.717, 1.165) is 53.7 Å². The van der Waals surface area contributed by atoms with Crippen LogP contribution in [0.25, 0.3) is 5.65 Å². The van der Waals surface area contributed by atoms with Gasteiger partial charge in [0.1, 0.15) is 10.7 Å². The van der Waals surface area contributed by atoms with Crippen LogP contribution in [0.5, 0.6) is 0 Å². The monoisotopic (exact) mass is 425 g/mol. The average molecular weight is 426 g/mol. The summed E-state index contributed by atoms with van der Waals surface area (Å²) in [5.74, 6) is -0.236. The van der Waals surface area contributed by atoms with Crippen LogP contribution in [0, 0.1) is 6.92 Å². The first-order valence-corrected chi connectivity index (χ1v) is 10.2. The molecule has 138 valence electrons. The molecule has 0 aliphatic heterocycles. The van der Waals surface area contributed by atoms with Gasteiger partial charge in [-0.05, 0) is 72.7 Å². The number of aromatic nitrogens is 3. The molecule has 2 heterocycles. The first-order valence-electron chi connectivity index (χ1n) is 9.40. The third-order valence-electron chi connectivity index (χ3n) is 6.18. The third kappa shape index (κ3) is 2.53. The smallest absolute Gasteiger partial charge is 0.338 e. The van der Waals surface area contributed by atoms with Crippen LogP contribution < -0.4 is 0 Å². The summed E-state index contributed by atoms with van der Waals surface area (Å²) in [6.45, 7) is 2.10. The van der Waals surface area contributed by atoms with Crippen LogP contribution in [0.1, 0.15) is 53.0 Å². The number of fused-ring (bicyclic) bond motifs is 3. The van der Waals surface area contributed by atoms with Crippen LogP contribution in [-0.2, 0) is 16.6 Å². The molecular weight excluding hydrogens is 406 g/mol. The fourth-order valence-electron chi connectivity index (χ4n) is 4.87. The maximum absolute atomic E-state index is 12.7. The molecule has 2 atom stereocenters. The van der Waals surface area contributed by atoms with Crippen LogP contribution >= 0.6 is 15.9 Å². The van der Waals surface area contributed by atoms with E-state index in [1.165, 1.54) is 5.56 Å². The standard InChI is InChI=1S/C21H20BrN3O2/c1-13-15-9-11-21(19(15)23-18-12-17(22)24-25(13)18)10-5-8-16(21)27-20(26)14-6-3-2-4-7-14/h2-4,6-7,12,16H,5,8-11H2,1H3/t16-,21-/m1/s1. The van der Waals surface area contributed by atoms with Crippen molar-refractivity contribution in [2.45, 2.75) is 50.5 Å². The van der Waals surface area contributed by atoms with Gasteiger partial charge in [-0.2, -0.15) is 5.10 Å². The minimum atomic E-state index is -0.236. The lowest BCUT2D eigenvalue weighted by atomic mass is 9.81. The summed E-state index contributed by atoms with van der Waals surface area (Å²) in [4.78, 5) is 17.7. The van der Waals surface area contributed by atoms with Gasteiger partial charge in [-0.1, -0.05) is 18.2 Å². The van der Waals surface area contributed by atoms with Gasteiger partial charge in [0, 0.05) is 11.8 Å². The summed E-state index contributed by atoms with van der Waals surface area (Å²) in [5.41, 5.74) is 4.81. The minimum absolute atomic E-state index is 0.118. The predicted molar refractivity (Wildman–Crippen MR) is 105 cm³/mol. The number of nitrogens with zero attached hydrogens (tertiary/aromatic N) is 3. The van der Waals surface area contributed by atoms with Gasteiger partial charge in [-0.15, -0.1) is 0 Å². The van der Waals surface area contributed by atoms with E-state index in [2.05, 4.69) is 28.0 Å². The van der Waals surface area contributed by atoms with Crippen molar-refractivity contribution in [1.29, 1.82) is 0 Å². The maximum Gasteiger partial charge on any atom is 0.338 e. The Labute approximate surface area is 165 Å². The molecule has 27 heavy (non-hydrogen) atoms. The first-order chi connectivity index (χ1) is 13.1. The van der Waals surface area contributed by atoms with Crippen molar-refractivity contribution < 1.29 is 9.53 Å². The largest absolute Gasteiger partial charge is 0.458 e. The molecule has 5 rings (SSSR count). The third-order valence-corrected chi connectivity index (χ3v) is 6.57. The Morgan fingerprint density at radius 1 is 1.30 bits per heavy atom. The molecule has 0 bridgehead atoms. The Morgan fingerprint density at radius 2 is 2.11 bits per heavy atom. The van der Waals surface area contributed by atoms with Gasteiger partial charge in [0.2, 0.25) is 0 Å². The molecule has 1 spiro atoms. The molecule has 3 aromatic rings. The van der Waals surface area contributed by atoms with Crippen LogP contribution in [0.15, 0.2) is 41.0 Å². The molecule has 6 heteroatoms. The van der Waals surface area contributed by atoms with E-state index < -0.39 is 0 Å². The number of ether oxygens (including phenoxy) is 1.